The first-order valence-electron chi connectivity index (χ1n) is 6.59. The summed E-state index contributed by atoms with van der Waals surface area (Å²) < 4.78 is 0.916. The van der Waals surface area contributed by atoms with Crippen molar-refractivity contribution >= 4 is 45.2 Å². The Labute approximate surface area is 141 Å². The van der Waals surface area contributed by atoms with Gasteiger partial charge in [-0.25, -0.2) is 0 Å². The number of halogens is 2. The third kappa shape index (κ3) is 3.28. The predicted molar refractivity (Wildman–Crippen MR) is 91.8 cm³/mol. The monoisotopic (exact) mass is 381 g/mol. The van der Waals surface area contributed by atoms with Crippen LogP contribution in [-0.2, 0) is 0 Å². The molecule has 108 valence electrons. The van der Waals surface area contributed by atoms with Gasteiger partial charge in [-0.2, -0.15) is 0 Å². The maximum atomic E-state index is 12.7. The Balaban J connectivity index is 1.89. The maximum Gasteiger partial charge on any atom is 0.255 e. The van der Waals surface area contributed by atoms with Gasteiger partial charge in [0.2, 0.25) is 0 Å². The minimum atomic E-state index is 0.0372. The highest BCUT2D eigenvalue weighted by Gasteiger charge is 2.31. The van der Waals surface area contributed by atoms with E-state index in [2.05, 4.69) is 15.9 Å². The molecule has 2 nitrogen and oxygen atoms in total. The molecule has 1 saturated heterocycles. The molecular formula is C16H13BrClNOS. The molecule has 3 rings (SSSR count). The zero-order valence-corrected chi connectivity index (χ0v) is 14.3. The lowest BCUT2D eigenvalue weighted by atomic mass is 10.1. The summed E-state index contributed by atoms with van der Waals surface area (Å²) in [7, 11) is 0. The third-order valence-electron chi connectivity index (χ3n) is 3.36. The van der Waals surface area contributed by atoms with Gasteiger partial charge in [0.15, 0.2) is 0 Å². The van der Waals surface area contributed by atoms with Gasteiger partial charge in [0.25, 0.3) is 5.91 Å². The first kappa shape index (κ1) is 14.9. The highest BCUT2D eigenvalue weighted by molar-refractivity contribution is 9.10. The molecule has 0 aromatic heterocycles. The van der Waals surface area contributed by atoms with E-state index < -0.39 is 0 Å². The van der Waals surface area contributed by atoms with Crippen LogP contribution in [0.2, 0.25) is 5.02 Å². The molecular weight excluding hydrogens is 370 g/mol. The van der Waals surface area contributed by atoms with Gasteiger partial charge >= 0.3 is 0 Å². The first-order valence-corrected chi connectivity index (χ1v) is 8.81. The van der Waals surface area contributed by atoms with Crippen LogP contribution in [-0.4, -0.2) is 23.1 Å². The number of thioether (sulfide) groups is 1. The molecule has 1 aliphatic heterocycles. The summed E-state index contributed by atoms with van der Waals surface area (Å²) in [6.45, 7) is 0.757. The quantitative estimate of drug-likeness (QED) is 0.729. The average Bonchev–Trinajstić information content (AvgIpc) is 2.96. The number of rotatable bonds is 2. The van der Waals surface area contributed by atoms with Gasteiger partial charge in [0.1, 0.15) is 5.37 Å². The number of hydrogen-bond donors (Lipinski definition) is 0. The van der Waals surface area contributed by atoms with Crippen LogP contribution in [0, 0.1) is 0 Å². The molecule has 21 heavy (non-hydrogen) atoms. The van der Waals surface area contributed by atoms with Crippen LogP contribution in [0.25, 0.3) is 0 Å². The van der Waals surface area contributed by atoms with Crippen molar-refractivity contribution in [1.29, 1.82) is 0 Å². The van der Waals surface area contributed by atoms with Crippen molar-refractivity contribution in [3.8, 4) is 0 Å². The van der Waals surface area contributed by atoms with Crippen LogP contribution >= 0.6 is 39.3 Å². The molecule has 0 radical (unpaired) electrons. The van der Waals surface area contributed by atoms with E-state index in [0.29, 0.717) is 10.6 Å². The minimum Gasteiger partial charge on any atom is -0.322 e. The Kier molecular flexibility index (Phi) is 4.57. The second kappa shape index (κ2) is 6.42. The van der Waals surface area contributed by atoms with Crippen molar-refractivity contribution in [3.63, 3.8) is 0 Å². The lowest BCUT2D eigenvalue weighted by Crippen LogP contribution is -2.30. The Morgan fingerprint density at radius 3 is 2.81 bits per heavy atom. The maximum absolute atomic E-state index is 12.7. The molecule has 0 bridgehead atoms. The number of amides is 1. The van der Waals surface area contributed by atoms with Crippen molar-refractivity contribution in [1.82, 2.24) is 4.90 Å². The van der Waals surface area contributed by atoms with Crippen molar-refractivity contribution in [2.45, 2.75) is 5.37 Å². The molecule has 0 spiro atoms. The second-order valence-electron chi connectivity index (χ2n) is 4.79. The average molecular weight is 383 g/mol. The molecule has 0 unspecified atom stereocenters. The largest absolute Gasteiger partial charge is 0.322 e. The summed E-state index contributed by atoms with van der Waals surface area (Å²) in [6, 6.07) is 15.3. The van der Waals surface area contributed by atoms with Crippen LogP contribution in [0.3, 0.4) is 0 Å². The SMILES string of the molecule is O=C(c1cccc(Br)c1)N1CCS[C@H]1c1cccc(Cl)c1. The zero-order chi connectivity index (χ0) is 14.8. The van der Waals surface area contributed by atoms with E-state index in [1.807, 2.05) is 53.4 Å². The van der Waals surface area contributed by atoms with Crippen LogP contribution in [0.1, 0.15) is 21.3 Å². The molecule has 1 aliphatic rings. The Morgan fingerprint density at radius 1 is 1.24 bits per heavy atom. The fourth-order valence-electron chi connectivity index (χ4n) is 2.40. The van der Waals surface area contributed by atoms with Crippen molar-refractivity contribution in [2.24, 2.45) is 0 Å². The van der Waals surface area contributed by atoms with Crippen LogP contribution in [0.4, 0.5) is 0 Å². The first-order chi connectivity index (χ1) is 10.1. The summed E-state index contributed by atoms with van der Waals surface area (Å²) in [5.41, 5.74) is 1.78. The van der Waals surface area contributed by atoms with E-state index in [1.54, 1.807) is 11.8 Å². The van der Waals surface area contributed by atoms with E-state index in [1.165, 1.54) is 0 Å². The predicted octanol–water partition coefficient (Wildman–Crippen LogP) is 4.99. The second-order valence-corrected chi connectivity index (χ2v) is 7.33. The number of hydrogen-bond acceptors (Lipinski definition) is 2. The molecule has 2 aromatic rings. The molecule has 0 N–H and O–H groups in total. The smallest absolute Gasteiger partial charge is 0.255 e. The molecule has 1 atom stereocenters. The molecule has 5 heteroatoms. The molecule has 1 fully saturated rings. The van der Waals surface area contributed by atoms with Gasteiger partial charge in [0, 0.05) is 27.4 Å². The fourth-order valence-corrected chi connectivity index (χ4v) is 4.25. The number of carbonyl (C=O) groups excluding carboxylic acids is 1. The number of nitrogens with zero attached hydrogens (tertiary/aromatic N) is 1. The van der Waals surface area contributed by atoms with Gasteiger partial charge in [-0.3, -0.25) is 4.79 Å². The van der Waals surface area contributed by atoms with Crippen molar-refractivity contribution < 1.29 is 4.79 Å². The molecule has 0 aliphatic carbocycles. The van der Waals surface area contributed by atoms with Crippen LogP contribution < -0.4 is 0 Å². The van der Waals surface area contributed by atoms with Gasteiger partial charge in [-0.05, 0) is 35.9 Å². The normalized spacial score (nSPS) is 18.0. The van der Waals surface area contributed by atoms with Gasteiger partial charge < -0.3 is 4.90 Å². The van der Waals surface area contributed by atoms with Gasteiger partial charge in [-0.15, -0.1) is 11.8 Å². The third-order valence-corrected chi connectivity index (χ3v) is 5.35. The molecule has 1 heterocycles. The van der Waals surface area contributed by atoms with Crippen LogP contribution in [0.5, 0.6) is 0 Å². The highest BCUT2D eigenvalue weighted by Crippen LogP contribution is 2.39. The summed E-state index contributed by atoms with van der Waals surface area (Å²) in [5, 5.41) is 0.741. The van der Waals surface area contributed by atoms with E-state index in [4.69, 9.17) is 11.6 Å². The highest BCUT2D eigenvalue weighted by atomic mass is 79.9. The number of carbonyl (C=O) groups is 1. The van der Waals surface area contributed by atoms with Crippen LogP contribution in [0.15, 0.2) is 53.0 Å². The standard InChI is InChI=1S/C16H13BrClNOS/c17-13-5-1-3-11(9-13)15(20)19-7-8-21-16(19)12-4-2-6-14(18)10-12/h1-6,9-10,16H,7-8H2/t16-/m0/s1. The Bertz CT molecular complexity index is 679. The molecule has 2 aromatic carbocycles. The van der Waals surface area contributed by atoms with Crippen molar-refractivity contribution in [3.05, 3.63) is 69.2 Å². The molecule has 0 saturated carbocycles. The zero-order valence-electron chi connectivity index (χ0n) is 11.1. The van der Waals surface area contributed by atoms with Gasteiger partial charge in [0.05, 0.1) is 0 Å². The fraction of sp³-hybridized carbons (Fsp3) is 0.188. The minimum absolute atomic E-state index is 0.0372. The lowest BCUT2D eigenvalue weighted by molar-refractivity contribution is 0.0760. The Hall–Kier alpha value is -0.970. The number of benzene rings is 2. The van der Waals surface area contributed by atoms with E-state index >= 15 is 0 Å². The molecule has 1 amide bonds. The van der Waals surface area contributed by atoms with E-state index in [0.717, 1.165) is 22.3 Å². The topological polar surface area (TPSA) is 20.3 Å². The lowest BCUT2D eigenvalue weighted by Gasteiger charge is -2.24. The summed E-state index contributed by atoms with van der Waals surface area (Å²) >= 11 is 11.3. The van der Waals surface area contributed by atoms with Crippen molar-refractivity contribution in [2.75, 3.05) is 12.3 Å². The summed E-state index contributed by atoms with van der Waals surface area (Å²) in [5.74, 6) is 1.00. The van der Waals surface area contributed by atoms with E-state index in [9.17, 15) is 4.79 Å². The Morgan fingerprint density at radius 2 is 2.05 bits per heavy atom. The van der Waals surface area contributed by atoms with Gasteiger partial charge in [-0.1, -0.05) is 45.7 Å². The summed E-state index contributed by atoms with van der Waals surface area (Å²) in [6.07, 6.45) is 0. The van der Waals surface area contributed by atoms with E-state index in [-0.39, 0.29) is 11.3 Å². The summed E-state index contributed by atoms with van der Waals surface area (Å²) in [4.78, 5) is 14.6.